The predicted molar refractivity (Wildman–Crippen MR) is 108 cm³/mol. The second-order valence-electron chi connectivity index (χ2n) is 7.57. The number of aryl methyl sites for hydroxylation is 2. The fourth-order valence-electron chi connectivity index (χ4n) is 3.83. The fourth-order valence-corrected chi connectivity index (χ4v) is 3.83. The number of hydrogen-bond donors (Lipinski definition) is 2. The van der Waals surface area contributed by atoms with E-state index in [-0.39, 0.29) is 5.63 Å². The van der Waals surface area contributed by atoms with Gasteiger partial charge in [-0.25, -0.2) is 9.59 Å². The number of ether oxygens (including phenoxy) is 1. The quantitative estimate of drug-likeness (QED) is 0.691. The smallest absolute Gasteiger partial charge is 0.339 e. The molecule has 0 saturated carbocycles. The Morgan fingerprint density at radius 2 is 1.93 bits per heavy atom. The van der Waals surface area contributed by atoms with Crippen LogP contribution in [0.5, 0.6) is 5.75 Å². The SMILES string of the molecule is CCCC(NC(=O)C(C)Oc1ccc2c3c(c(=O)oc2c1C)CCCC3)C(=O)O. The molecule has 3 rings (SSSR count). The van der Waals surface area contributed by atoms with Crippen LogP contribution < -0.4 is 15.7 Å². The van der Waals surface area contributed by atoms with Crippen molar-refractivity contribution < 1.29 is 23.8 Å². The Hall–Kier alpha value is -2.83. The van der Waals surface area contributed by atoms with Crippen LogP contribution in [-0.4, -0.2) is 29.1 Å². The van der Waals surface area contributed by atoms with Gasteiger partial charge >= 0.3 is 11.6 Å². The number of benzene rings is 1. The maximum atomic E-state index is 12.4. The minimum absolute atomic E-state index is 0.304. The molecule has 7 heteroatoms. The van der Waals surface area contributed by atoms with Gasteiger partial charge in [0.15, 0.2) is 6.10 Å². The van der Waals surface area contributed by atoms with E-state index in [0.29, 0.717) is 29.7 Å². The first-order chi connectivity index (χ1) is 13.8. The normalized spacial score (nSPS) is 15.4. The van der Waals surface area contributed by atoms with E-state index in [1.807, 2.05) is 13.0 Å². The summed E-state index contributed by atoms with van der Waals surface area (Å²) in [5.41, 5.74) is 2.64. The van der Waals surface area contributed by atoms with E-state index in [9.17, 15) is 19.5 Å². The summed E-state index contributed by atoms with van der Waals surface area (Å²) < 4.78 is 11.4. The molecule has 0 spiro atoms. The molecule has 2 aromatic rings. The average Bonchev–Trinajstić information content (AvgIpc) is 2.70. The minimum Gasteiger partial charge on any atom is -0.480 e. The van der Waals surface area contributed by atoms with Crippen molar-refractivity contribution in [1.29, 1.82) is 0 Å². The topological polar surface area (TPSA) is 106 Å². The zero-order chi connectivity index (χ0) is 21.1. The first-order valence-electron chi connectivity index (χ1n) is 10.1. The lowest BCUT2D eigenvalue weighted by Crippen LogP contribution is -2.46. The highest BCUT2D eigenvalue weighted by Crippen LogP contribution is 2.32. The van der Waals surface area contributed by atoms with Gasteiger partial charge in [-0.1, -0.05) is 13.3 Å². The molecule has 2 N–H and O–H groups in total. The van der Waals surface area contributed by atoms with Crippen LogP contribution in [0.15, 0.2) is 21.3 Å². The summed E-state index contributed by atoms with van der Waals surface area (Å²) in [6, 6.07) is 2.70. The standard InChI is InChI=1S/C22H27NO6/c1-4-7-17(21(25)26)23-20(24)13(3)28-18-11-10-15-14-8-5-6-9-16(14)22(27)29-19(15)12(18)2/h10-11,13,17H,4-9H2,1-3H3,(H,23,24)(H,25,26). The van der Waals surface area contributed by atoms with Crippen molar-refractivity contribution in [3.63, 3.8) is 0 Å². The number of nitrogens with one attached hydrogen (secondary N) is 1. The predicted octanol–water partition coefficient (Wildman–Crippen LogP) is 3.12. The lowest BCUT2D eigenvalue weighted by Gasteiger charge is -2.21. The van der Waals surface area contributed by atoms with Crippen LogP contribution in [0.25, 0.3) is 11.0 Å². The van der Waals surface area contributed by atoms with Crippen LogP contribution in [0.3, 0.4) is 0 Å². The number of carbonyl (C=O) groups excluding carboxylic acids is 1. The lowest BCUT2D eigenvalue weighted by molar-refractivity contribution is -0.143. The Kier molecular flexibility index (Phi) is 6.25. The third-order valence-electron chi connectivity index (χ3n) is 5.46. The third kappa shape index (κ3) is 4.28. The number of rotatable bonds is 7. The van der Waals surface area contributed by atoms with Gasteiger partial charge in [0, 0.05) is 16.5 Å². The molecule has 1 heterocycles. The Morgan fingerprint density at radius 1 is 1.24 bits per heavy atom. The zero-order valence-electron chi connectivity index (χ0n) is 17.0. The number of carbonyl (C=O) groups is 2. The highest BCUT2D eigenvalue weighted by Gasteiger charge is 2.25. The van der Waals surface area contributed by atoms with Crippen molar-refractivity contribution in [3.8, 4) is 5.75 Å². The first-order valence-corrected chi connectivity index (χ1v) is 10.1. The Bertz CT molecular complexity index is 993. The van der Waals surface area contributed by atoms with E-state index in [1.165, 1.54) is 0 Å². The van der Waals surface area contributed by atoms with Crippen LogP contribution in [0.4, 0.5) is 0 Å². The van der Waals surface area contributed by atoms with E-state index in [1.54, 1.807) is 19.9 Å². The molecule has 1 amide bonds. The zero-order valence-corrected chi connectivity index (χ0v) is 17.0. The van der Waals surface area contributed by atoms with Crippen LogP contribution >= 0.6 is 0 Å². The van der Waals surface area contributed by atoms with Crippen molar-refractivity contribution in [2.24, 2.45) is 0 Å². The lowest BCUT2D eigenvalue weighted by atomic mass is 9.90. The summed E-state index contributed by atoms with van der Waals surface area (Å²) in [5, 5.41) is 12.6. The van der Waals surface area contributed by atoms with E-state index < -0.39 is 24.0 Å². The van der Waals surface area contributed by atoms with Gasteiger partial charge < -0.3 is 19.6 Å². The summed E-state index contributed by atoms with van der Waals surface area (Å²) >= 11 is 0. The van der Waals surface area contributed by atoms with Crippen molar-refractivity contribution in [3.05, 3.63) is 39.2 Å². The summed E-state index contributed by atoms with van der Waals surface area (Å²) in [7, 11) is 0. The molecule has 0 radical (unpaired) electrons. The number of carboxylic acids is 1. The van der Waals surface area contributed by atoms with Gasteiger partial charge in [-0.05, 0) is 63.6 Å². The van der Waals surface area contributed by atoms with Gasteiger partial charge in [0.25, 0.3) is 5.91 Å². The van der Waals surface area contributed by atoms with Gasteiger partial charge in [0.05, 0.1) is 0 Å². The third-order valence-corrected chi connectivity index (χ3v) is 5.46. The van der Waals surface area contributed by atoms with Gasteiger partial charge in [0.2, 0.25) is 0 Å². The molecule has 29 heavy (non-hydrogen) atoms. The molecule has 1 aromatic carbocycles. The molecule has 0 fully saturated rings. The second kappa shape index (κ2) is 8.68. The summed E-state index contributed by atoms with van der Waals surface area (Å²) in [6.07, 6.45) is 3.72. The van der Waals surface area contributed by atoms with Crippen molar-refractivity contribution in [2.75, 3.05) is 0 Å². The van der Waals surface area contributed by atoms with Gasteiger partial charge in [0.1, 0.15) is 17.4 Å². The molecule has 2 atom stereocenters. The number of fused-ring (bicyclic) bond motifs is 3. The number of carboxylic acid groups (broad SMARTS) is 1. The summed E-state index contributed by atoms with van der Waals surface area (Å²) in [5.74, 6) is -1.14. The Balaban J connectivity index is 1.85. The molecule has 7 nitrogen and oxygen atoms in total. The molecule has 2 unspecified atom stereocenters. The molecule has 1 aliphatic carbocycles. The molecular formula is C22H27NO6. The van der Waals surface area contributed by atoms with Crippen molar-refractivity contribution in [1.82, 2.24) is 5.32 Å². The molecular weight excluding hydrogens is 374 g/mol. The molecule has 0 aliphatic heterocycles. The second-order valence-corrected chi connectivity index (χ2v) is 7.57. The van der Waals surface area contributed by atoms with Crippen molar-refractivity contribution >= 4 is 22.8 Å². The van der Waals surface area contributed by atoms with Crippen LogP contribution in [0, 0.1) is 6.92 Å². The Labute approximate surface area is 169 Å². The monoisotopic (exact) mass is 401 g/mol. The van der Waals surface area contributed by atoms with Crippen LogP contribution in [-0.2, 0) is 22.4 Å². The Morgan fingerprint density at radius 3 is 2.59 bits per heavy atom. The van der Waals surface area contributed by atoms with Gasteiger partial charge in [-0.2, -0.15) is 0 Å². The minimum atomic E-state index is -1.07. The van der Waals surface area contributed by atoms with Gasteiger partial charge in [-0.15, -0.1) is 0 Å². The number of hydrogen-bond acceptors (Lipinski definition) is 5. The summed E-state index contributed by atoms with van der Waals surface area (Å²) in [4.78, 5) is 36.0. The van der Waals surface area contributed by atoms with Crippen LogP contribution in [0.2, 0.25) is 0 Å². The maximum absolute atomic E-state index is 12.4. The van der Waals surface area contributed by atoms with Crippen molar-refractivity contribution in [2.45, 2.75) is 71.4 Å². The molecule has 1 aliphatic rings. The van der Waals surface area contributed by atoms with E-state index >= 15 is 0 Å². The highest BCUT2D eigenvalue weighted by molar-refractivity contribution is 5.88. The number of aliphatic carboxylic acids is 1. The maximum Gasteiger partial charge on any atom is 0.339 e. The highest BCUT2D eigenvalue weighted by atomic mass is 16.5. The molecule has 0 saturated heterocycles. The average molecular weight is 401 g/mol. The first kappa shape index (κ1) is 20.9. The van der Waals surface area contributed by atoms with Crippen LogP contribution in [0.1, 0.15) is 56.2 Å². The van der Waals surface area contributed by atoms with E-state index in [2.05, 4.69) is 5.32 Å². The van der Waals surface area contributed by atoms with Gasteiger partial charge in [-0.3, -0.25) is 4.79 Å². The molecule has 156 valence electrons. The fraction of sp³-hybridized carbons (Fsp3) is 0.500. The van der Waals surface area contributed by atoms with E-state index in [4.69, 9.17) is 9.15 Å². The van der Waals surface area contributed by atoms with E-state index in [0.717, 1.165) is 42.2 Å². The summed E-state index contributed by atoms with van der Waals surface area (Å²) in [6.45, 7) is 5.21. The molecule has 0 bridgehead atoms. The largest absolute Gasteiger partial charge is 0.480 e. The number of amides is 1. The molecule has 1 aromatic heterocycles.